The van der Waals surface area contributed by atoms with E-state index in [1.807, 2.05) is 0 Å². The summed E-state index contributed by atoms with van der Waals surface area (Å²) in [6.07, 6.45) is 5.89. The number of nitrogens with one attached hydrogen (secondary N) is 1. The van der Waals surface area contributed by atoms with Crippen molar-refractivity contribution in [1.29, 1.82) is 0 Å². The molecule has 0 saturated carbocycles. The molecule has 0 aromatic carbocycles. The number of aromatic nitrogens is 3. The Morgan fingerprint density at radius 3 is 2.33 bits per heavy atom. The predicted octanol–water partition coefficient (Wildman–Crippen LogP) is 0.0506. The maximum Gasteiger partial charge on any atom is 0.149 e. The minimum atomic E-state index is -1.24. The van der Waals surface area contributed by atoms with Crippen molar-refractivity contribution in [3.8, 4) is 11.4 Å². The van der Waals surface area contributed by atoms with E-state index in [0.717, 1.165) is 0 Å². The molecule has 0 fully saturated rings. The quantitative estimate of drug-likeness (QED) is 0.696. The van der Waals surface area contributed by atoms with Crippen LogP contribution < -0.4 is 5.23 Å². The molecule has 0 bridgehead atoms. The van der Waals surface area contributed by atoms with Gasteiger partial charge in [0.05, 0.1) is 18.1 Å². The maximum atomic E-state index is 10.5. The largest absolute Gasteiger partial charge is 0.628 e. The molecule has 6 heteroatoms. The van der Waals surface area contributed by atoms with Crippen LogP contribution in [0.1, 0.15) is 0 Å². The molecule has 2 aromatic heterocycles. The van der Waals surface area contributed by atoms with Crippen LogP contribution in [0.25, 0.3) is 11.4 Å². The molecule has 2 aromatic rings. The Labute approximate surface area is 85.4 Å². The Morgan fingerprint density at radius 2 is 1.80 bits per heavy atom. The minimum absolute atomic E-state index is 0.0441. The highest BCUT2D eigenvalue weighted by atomic mass is 16.8. The molecule has 2 heterocycles. The Bertz CT molecular complexity index is 430. The number of nitrogens with zero attached hydrogens (tertiary/aromatic N) is 3. The van der Waals surface area contributed by atoms with E-state index in [9.17, 15) is 10.4 Å². The zero-order valence-corrected chi connectivity index (χ0v) is 7.62. The molecule has 0 aliphatic carbocycles. The average molecular weight is 203 g/mol. The van der Waals surface area contributed by atoms with Gasteiger partial charge in [-0.1, -0.05) is 0 Å². The Balaban J connectivity index is 2.32. The molecular formula is C9H7N4O2-. The monoisotopic (exact) mass is 203 g/mol. The third-order valence-corrected chi connectivity index (χ3v) is 1.82. The van der Waals surface area contributed by atoms with Gasteiger partial charge < -0.3 is 15.6 Å². The number of rotatable bonds is 2. The lowest BCUT2D eigenvalue weighted by Gasteiger charge is -2.23. The maximum absolute atomic E-state index is 10.5. The van der Waals surface area contributed by atoms with Gasteiger partial charge in [-0.15, -0.1) is 0 Å². The fourth-order valence-electron chi connectivity index (χ4n) is 1.10. The lowest BCUT2D eigenvalue weighted by molar-refractivity contribution is -0.715. The van der Waals surface area contributed by atoms with E-state index in [4.69, 9.17) is 0 Å². The second-order valence-corrected chi connectivity index (χ2v) is 2.81. The summed E-state index contributed by atoms with van der Waals surface area (Å²) >= 11 is 0. The smallest absolute Gasteiger partial charge is 0.149 e. The van der Waals surface area contributed by atoms with Gasteiger partial charge in [0.15, 0.2) is 0 Å². The normalized spacial score (nSPS) is 10.6. The molecule has 0 spiro atoms. The molecule has 6 nitrogen and oxygen atoms in total. The van der Waals surface area contributed by atoms with Gasteiger partial charge in [0.2, 0.25) is 0 Å². The van der Waals surface area contributed by atoms with Crippen molar-refractivity contribution in [1.82, 2.24) is 15.0 Å². The van der Waals surface area contributed by atoms with E-state index in [0.29, 0.717) is 11.4 Å². The molecule has 0 atom stereocenters. The van der Waals surface area contributed by atoms with Crippen LogP contribution in [0.4, 0.5) is 5.69 Å². The van der Waals surface area contributed by atoms with Crippen LogP contribution in [0.3, 0.4) is 0 Å². The third kappa shape index (κ3) is 2.13. The lowest BCUT2D eigenvalue weighted by atomic mass is 10.3. The fraction of sp³-hybridized carbons (Fsp3) is 0. The van der Waals surface area contributed by atoms with E-state index in [1.54, 1.807) is 24.7 Å². The summed E-state index contributed by atoms with van der Waals surface area (Å²) in [5.74, 6) is 0. The Kier molecular flexibility index (Phi) is 2.64. The first-order valence-corrected chi connectivity index (χ1v) is 4.21. The molecular weight excluding hydrogens is 196 g/mol. The number of hydrogen-bond donors (Lipinski definition) is 1. The van der Waals surface area contributed by atoms with Gasteiger partial charge in [-0.25, -0.2) is 4.98 Å². The molecule has 0 aliphatic rings. The molecule has 0 saturated heterocycles. The molecule has 1 N–H and O–H groups in total. The highest BCUT2D eigenvalue weighted by molar-refractivity contribution is 5.53. The van der Waals surface area contributed by atoms with Crippen molar-refractivity contribution in [2.75, 3.05) is 0 Å². The average Bonchev–Trinajstić information content (AvgIpc) is 2.30. The summed E-state index contributed by atoms with van der Waals surface area (Å²) in [5, 5.41) is 19.7. The standard InChI is InChI=1S/C9H7N4O2/c14-13(15)7-1-2-8(12-5-7)9-6-10-3-4-11-9/h1-6,13H/q-1. The van der Waals surface area contributed by atoms with Crippen molar-refractivity contribution < 1.29 is 5.23 Å². The van der Waals surface area contributed by atoms with Gasteiger partial charge in [0.1, 0.15) is 11.4 Å². The summed E-state index contributed by atoms with van der Waals surface area (Å²) in [7, 11) is 0. The van der Waals surface area contributed by atoms with Gasteiger partial charge in [0, 0.05) is 18.5 Å². The second kappa shape index (κ2) is 4.09. The van der Waals surface area contributed by atoms with Crippen molar-refractivity contribution in [2.24, 2.45) is 0 Å². The molecule has 0 amide bonds. The summed E-state index contributed by atoms with van der Waals surface area (Å²) in [5.41, 5.74) is 1.22. The number of hydrogen-bond acceptors (Lipinski definition) is 5. The van der Waals surface area contributed by atoms with Crippen molar-refractivity contribution in [3.63, 3.8) is 0 Å². The summed E-state index contributed by atoms with van der Waals surface area (Å²) in [6.45, 7) is 0. The van der Waals surface area contributed by atoms with Gasteiger partial charge in [-0.05, 0) is 6.07 Å². The van der Waals surface area contributed by atoms with Crippen LogP contribution in [0.15, 0.2) is 36.9 Å². The number of pyridine rings is 1. The SMILES string of the molecule is [O-][NH+]([O-])c1ccc(-c2cnccn2)nc1. The highest BCUT2D eigenvalue weighted by Crippen LogP contribution is 2.12. The first kappa shape index (κ1) is 9.66. The Hall–Kier alpha value is -1.89. The van der Waals surface area contributed by atoms with E-state index in [2.05, 4.69) is 15.0 Å². The van der Waals surface area contributed by atoms with Crippen molar-refractivity contribution >= 4 is 5.69 Å². The molecule has 2 rings (SSSR count). The van der Waals surface area contributed by atoms with Crippen LogP contribution >= 0.6 is 0 Å². The first-order chi connectivity index (χ1) is 7.27. The Morgan fingerprint density at radius 1 is 0.933 bits per heavy atom. The molecule has 0 unspecified atom stereocenters. The molecule has 0 aliphatic heterocycles. The van der Waals surface area contributed by atoms with Crippen molar-refractivity contribution in [3.05, 3.63) is 47.3 Å². The second-order valence-electron chi connectivity index (χ2n) is 2.81. The van der Waals surface area contributed by atoms with Crippen molar-refractivity contribution in [2.45, 2.75) is 0 Å². The van der Waals surface area contributed by atoms with E-state index < -0.39 is 5.23 Å². The van der Waals surface area contributed by atoms with Crippen LogP contribution in [0.5, 0.6) is 0 Å². The zero-order chi connectivity index (χ0) is 10.7. The molecule has 0 radical (unpaired) electrons. The van der Waals surface area contributed by atoms with Crippen LogP contribution in [0, 0.1) is 10.4 Å². The third-order valence-electron chi connectivity index (χ3n) is 1.82. The van der Waals surface area contributed by atoms with Crippen LogP contribution in [-0.4, -0.2) is 15.0 Å². The highest BCUT2D eigenvalue weighted by Gasteiger charge is 2.01. The van der Waals surface area contributed by atoms with Gasteiger partial charge in [-0.2, -0.15) is 0 Å². The zero-order valence-electron chi connectivity index (χ0n) is 7.62. The topological polar surface area (TPSA) is 89.2 Å². The predicted molar refractivity (Wildman–Crippen MR) is 52.6 cm³/mol. The van der Waals surface area contributed by atoms with Gasteiger partial charge in [0.25, 0.3) is 0 Å². The van der Waals surface area contributed by atoms with Crippen LogP contribution in [0.2, 0.25) is 0 Å². The number of quaternary nitrogens is 1. The molecule has 76 valence electrons. The van der Waals surface area contributed by atoms with Gasteiger partial charge in [-0.3, -0.25) is 9.97 Å². The van der Waals surface area contributed by atoms with Crippen LogP contribution in [-0.2, 0) is 0 Å². The lowest BCUT2D eigenvalue weighted by Crippen LogP contribution is -2.96. The van der Waals surface area contributed by atoms with E-state index >= 15 is 0 Å². The van der Waals surface area contributed by atoms with Gasteiger partial charge >= 0.3 is 0 Å². The summed E-state index contributed by atoms with van der Waals surface area (Å²) in [6, 6.07) is 2.99. The van der Waals surface area contributed by atoms with E-state index in [1.165, 1.54) is 12.3 Å². The van der Waals surface area contributed by atoms with E-state index in [-0.39, 0.29) is 5.69 Å². The summed E-state index contributed by atoms with van der Waals surface area (Å²) in [4.78, 5) is 11.9. The minimum Gasteiger partial charge on any atom is -0.628 e. The fourth-order valence-corrected chi connectivity index (χ4v) is 1.10. The molecule has 15 heavy (non-hydrogen) atoms. The summed E-state index contributed by atoms with van der Waals surface area (Å²) < 4.78 is 0. The first-order valence-electron chi connectivity index (χ1n) is 4.21.